The van der Waals surface area contributed by atoms with E-state index in [2.05, 4.69) is 0 Å². The van der Waals surface area contributed by atoms with Gasteiger partial charge < -0.3 is 0 Å². The molecule has 4 rings (SSSR count). The van der Waals surface area contributed by atoms with Crippen LogP contribution in [0.5, 0.6) is 0 Å². The molecule has 0 fully saturated rings. The van der Waals surface area contributed by atoms with Gasteiger partial charge in [0.05, 0.1) is 0 Å². The zero-order valence-corrected chi connectivity index (χ0v) is 20.6. The molecule has 0 heterocycles. The van der Waals surface area contributed by atoms with Crippen LogP contribution in [-0.2, 0) is 0 Å². The molecule has 0 aliphatic rings. The first kappa shape index (κ1) is 28.7. The first-order chi connectivity index (χ1) is 18.6. The Morgan fingerprint density at radius 2 is 0.744 bits per heavy atom. The normalized spacial score (nSPS) is 11.4. The topological polar surface area (TPSA) is 0 Å². The van der Waals surface area contributed by atoms with Gasteiger partial charge in [0, 0.05) is 10.9 Å². The molecule has 12 heteroatoms. The fourth-order valence-electron chi connectivity index (χ4n) is 4.37. The van der Waals surface area contributed by atoms with Gasteiger partial charge in [0.25, 0.3) is 0 Å². The predicted molar refractivity (Wildman–Crippen MR) is 131 cm³/mol. The van der Waals surface area contributed by atoms with Gasteiger partial charge in [0.15, 0.2) is 58.2 Å². The largest absolute Gasteiger partial charge is 0.225 e. The van der Waals surface area contributed by atoms with Gasteiger partial charge in [-0.05, 0) is 24.7 Å². The van der Waals surface area contributed by atoms with Crippen molar-refractivity contribution in [3.8, 4) is 0 Å². The lowest BCUT2D eigenvalue weighted by Crippen LogP contribution is -2.50. The molecule has 0 unspecified atom stereocenters. The summed E-state index contributed by atoms with van der Waals surface area (Å²) in [4.78, 5) is 0. The molecule has 0 aliphatic carbocycles. The summed E-state index contributed by atoms with van der Waals surface area (Å²) in [6, 6.07) is 17.8. The third kappa shape index (κ3) is 5.42. The van der Waals surface area contributed by atoms with Crippen LogP contribution in [0.1, 0.15) is 6.42 Å². The molecule has 0 N–H and O–H groups in total. The summed E-state index contributed by atoms with van der Waals surface area (Å²) in [5, 5.41) is 1.70. The average Bonchev–Trinajstić information content (AvgIpc) is 2.96. The van der Waals surface area contributed by atoms with Crippen LogP contribution in [0.4, 0.5) is 43.9 Å². The van der Waals surface area contributed by atoms with E-state index >= 15 is 0 Å². The highest BCUT2D eigenvalue weighted by atomic mass is 31.1. The Hall–Kier alpha value is -3.33. The lowest BCUT2D eigenvalue weighted by atomic mass is 9.37. The first-order valence-corrected chi connectivity index (χ1v) is 13.0. The maximum Gasteiger partial charge on any atom is 0.225 e. The van der Waals surface area contributed by atoms with E-state index < -0.39 is 90.1 Å². The Labute approximate surface area is 218 Å². The van der Waals surface area contributed by atoms with Gasteiger partial charge in [-0.15, -0.1) is 0 Å². The summed E-state index contributed by atoms with van der Waals surface area (Å²) in [7, 11) is -1.18. The van der Waals surface area contributed by atoms with Crippen molar-refractivity contribution in [2.45, 2.75) is 12.7 Å². The van der Waals surface area contributed by atoms with Gasteiger partial charge in [-0.25, -0.2) is 43.9 Å². The van der Waals surface area contributed by atoms with Crippen molar-refractivity contribution in [1.29, 1.82) is 0 Å². The summed E-state index contributed by atoms with van der Waals surface area (Å²) in [5.74, 6) is -24.4. The van der Waals surface area contributed by atoms with Crippen molar-refractivity contribution in [3.63, 3.8) is 0 Å². The zero-order chi connectivity index (χ0) is 28.4. The quantitative estimate of drug-likeness (QED) is 0.0775. The van der Waals surface area contributed by atoms with Crippen molar-refractivity contribution in [2.24, 2.45) is 0 Å². The number of hydrogen-bond donors (Lipinski definition) is 0. The molecule has 0 spiro atoms. The van der Waals surface area contributed by atoms with E-state index in [-0.39, 0.29) is 12.6 Å². The minimum Gasteiger partial charge on any atom is -0.204 e. The van der Waals surface area contributed by atoms with Crippen molar-refractivity contribution in [1.82, 2.24) is 0 Å². The smallest absolute Gasteiger partial charge is 0.204 e. The fraction of sp³-hybridized carbons (Fsp3) is 0.111. The summed E-state index contributed by atoms with van der Waals surface area (Å²) in [6.07, 6.45) is -0.640. The SMILES string of the molecule is Fc1c(F)c(F)c(B(CCCP(c2ccccc2)c2ccccc2)c2c(F)c(F)c(F)c(F)c2F)c(F)c1F. The highest BCUT2D eigenvalue weighted by Gasteiger charge is 2.39. The van der Waals surface area contributed by atoms with Crippen LogP contribution in [0, 0.1) is 58.2 Å². The Bertz CT molecular complexity index is 1330. The van der Waals surface area contributed by atoms with Crippen molar-refractivity contribution >= 4 is 36.2 Å². The molecule has 39 heavy (non-hydrogen) atoms. The third-order valence-corrected chi connectivity index (χ3v) is 8.80. The highest BCUT2D eigenvalue weighted by Crippen LogP contribution is 2.35. The van der Waals surface area contributed by atoms with E-state index in [1.165, 1.54) is 0 Å². The maximum absolute atomic E-state index is 14.8. The monoisotopic (exact) mass is 572 g/mol. The number of hydrogen-bond acceptors (Lipinski definition) is 0. The molecule has 0 aromatic heterocycles. The molecular formula is C27H16BF10P. The molecule has 0 saturated carbocycles. The molecule has 202 valence electrons. The van der Waals surface area contributed by atoms with Gasteiger partial charge >= 0.3 is 0 Å². The molecule has 0 bridgehead atoms. The molecule has 0 aliphatic heterocycles. The molecule has 0 saturated heterocycles. The molecule has 0 radical (unpaired) electrons. The van der Waals surface area contributed by atoms with Crippen LogP contribution < -0.4 is 21.5 Å². The minimum atomic E-state index is -2.53. The minimum absolute atomic E-state index is 0.140. The van der Waals surface area contributed by atoms with E-state index in [1.54, 1.807) is 36.4 Å². The van der Waals surface area contributed by atoms with E-state index in [1.807, 2.05) is 24.3 Å². The van der Waals surface area contributed by atoms with Gasteiger partial charge in [0.2, 0.25) is 6.71 Å². The van der Waals surface area contributed by atoms with Gasteiger partial charge in [-0.2, -0.15) is 0 Å². The van der Waals surface area contributed by atoms with Crippen LogP contribution >= 0.6 is 7.92 Å². The Morgan fingerprint density at radius 3 is 1.08 bits per heavy atom. The van der Waals surface area contributed by atoms with Crippen molar-refractivity contribution < 1.29 is 43.9 Å². The second-order valence-electron chi connectivity index (χ2n) is 8.48. The summed E-state index contributed by atoms with van der Waals surface area (Å²) >= 11 is 0. The summed E-state index contributed by atoms with van der Waals surface area (Å²) in [6.45, 7) is -2.39. The van der Waals surface area contributed by atoms with Crippen molar-refractivity contribution in [2.75, 3.05) is 6.16 Å². The maximum atomic E-state index is 14.8. The average molecular weight is 572 g/mol. The van der Waals surface area contributed by atoms with Gasteiger partial charge in [-0.3, -0.25) is 0 Å². The molecule has 4 aromatic rings. The molecular weight excluding hydrogens is 556 g/mol. The van der Waals surface area contributed by atoms with E-state index in [0.717, 1.165) is 10.6 Å². The first-order valence-electron chi connectivity index (χ1n) is 11.5. The summed E-state index contributed by atoms with van der Waals surface area (Å²) in [5.41, 5.74) is -3.36. The third-order valence-electron chi connectivity index (χ3n) is 6.19. The predicted octanol–water partition coefficient (Wildman–Crippen LogP) is 6.21. The second-order valence-corrected chi connectivity index (χ2v) is 10.8. The van der Waals surface area contributed by atoms with Crippen LogP contribution in [0.25, 0.3) is 0 Å². The van der Waals surface area contributed by atoms with Crippen LogP contribution in [0.15, 0.2) is 60.7 Å². The summed E-state index contributed by atoms with van der Waals surface area (Å²) < 4.78 is 143. The van der Waals surface area contributed by atoms with Crippen LogP contribution in [-0.4, -0.2) is 12.9 Å². The molecule has 0 atom stereocenters. The number of benzene rings is 4. The molecule has 0 amide bonds. The zero-order valence-electron chi connectivity index (χ0n) is 19.7. The Kier molecular flexibility index (Phi) is 8.69. The van der Waals surface area contributed by atoms with E-state index in [9.17, 15) is 43.9 Å². The van der Waals surface area contributed by atoms with Gasteiger partial charge in [0.1, 0.15) is 0 Å². The van der Waals surface area contributed by atoms with Crippen LogP contribution in [0.3, 0.4) is 0 Å². The lowest BCUT2D eigenvalue weighted by Gasteiger charge is -2.22. The lowest BCUT2D eigenvalue weighted by molar-refractivity contribution is 0.382. The van der Waals surface area contributed by atoms with E-state index in [0.29, 0.717) is 0 Å². The highest BCUT2D eigenvalue weighted by molar-refractivity contribution is 7.73. The fourth-order valence-corrected chi connectivity index (χ4v) is 6.74. The molecule has 4 aromatic carbocycles. The number of halogens is 10. The van der Waals surface area contributed by atoms with E-state index in [4.69, 9.17) is 0 Å². The Morgan fingerprint density at radius 1 is 0.436 bits per heavy atom. The van der Waals surface area contributed by atoms with Gasteiger partial charge in [-0.1, -0.05) is 73.4 Å². The second kappa shape index (κ2) is 11.8. The van der Waals surface area contributed by atoms with Crippen LogP contribution in [0.2, 0.25) is 6.32 Å². The molecule has 0 nitrogen and oxygen atoms in total. The van der Waals surface area contributed by atoms with Crippen molar-refractivity contribution in [3.05, 3.63) is 119 Å². The number of rotatable bonds is 8. The Balaban J connectivity index is 1.82. The standard InChI is InChI=1S/C27H16BF10P/c29-18-16(19(30)23(34)26(37)22(18)33)28(17-20(31)24(35)27(38)25(36)21(17)32)12-7-13-39(14-8-3-1-4-9-14)15-10-5-2-6-11-15/h1-6,8-11H,7,12-13H2.